The Balaban J connectivity index is 1.20. The predicted octanol–water partition coefficient (Wildman–Crippen LogP) is 5.27. The number of piperazine rings is 1. The van der Waals surface area contributed by atoms with Crippen LogP contribution in [-0.4, -0.2) is 58.4 Å². The van der Waals surface area contributed by atoms with Gasteiger partial charge in [-0.05, 0) is 68.0 Å². The lowest BCUT2D eigenvalue weighted by Gasteiger charge is -2.42. The Labute approximate surface area is 198 Å². The quantitative estimate of drug-likeness (QED) is 0.557. The summed E-state index contributed by atoms with van der Waals surface area (Å²) in [7, 11) is 0. The predicted molar refractivity (Wildman–Crippen MR) is 133 cm³/mol. The number of carboxylic acids is 1. The molecular weight excluding hydrogens is 432 g/mol. The minimum absolute atomic E-state index is 0.272. The molecule has 0 unspecified atom stereocenters. The maximum absolute atomic E-state index is 11.0. The summed E-state index contributed by atoms with van der Waals surface area (Å²) in [6.07, 6.45) is 5.49. The van der Waals surface area contributed by atoms with Crippen molar-refractivity contribution in [2.45, 2.75) is 38.6 Å². The Morgan fingerprint density at radius 1 is 0.848 bits per heavy atom. The lowest BCUT2D eigenvalue weighted by Crippen LogP contribution is -2.51. The molecule has 1 saturated heterocycles. The Kier molecular flexibility index (Phi) is 6.42. The smallest absolute Gasteiger partial charge is 0.335 e. The van der Waals surface area contributed by atoms with Crippen LogP contribution in [0.1, 0.15) is 43.0 Å². The molecule has 6 nitrogen and oxygen atoms in total. The summed E-state index contributed by atoms with van der Waals surface area (Å²) in [5.41, 5.74) is 3.48. The van der Waals surface area contributed by atoms with Crippen molar-refractivity contribution in [3.8, 4) is 21.1 Å². The van der Waals surface area contributed by atoms with E-state index >= 15 is 0 Å². The van der Waals surface area contributed by atoms with E-state index in [1.54, 1.807) is 24.3 Å². The van der Waals surface area contributed by atoms with Crippen LogP contribution in [0.3, 0.4) is 0 Å². The summed E-state index contributed by atoms with van der Waals surface area (Å²) in [6.45, 7) is 6.86. The maximum Gasteiger partial charge on any atom is 0.335 e. The van der Waals surface area contributed by atoms with Crippen molar-refractivity contribution in [3.05, 3.63) is 54.1 Å². The standard InChI is InChI=1S/C26H30N4O2S/c1-18-2-10-22(11-3-18)29-14-16-30(17-15-29)23-12-8-20(9-13-23)25-28-27-24(33-25)19-4-6-21(7-5-19)26(31)32/h4-9,12-13,18,22H,2-3,10-11,14-17H2,1H3,(H,31,32). The van der Waals surface area contributed by atoms with E-state index in [0.717, 1.165) is 59.3 Å². The number of hydrogen-bond donors (Lipinski definition) is 1. The lowest BCUT2D eigenvalue weighted by atomic mass is 9.86. The van der Waals surface area contributed by atoms with Gasteiger partial charge in [0.15, 0.2) is 0 Å². The van der Waals surface area contributed by atoms with E-state index < -0.39 is 5.97 Å². The van der Waals surface area contributed by atoms with Gasteiger partial charge in [-0.25, -0.2) is 4.79 Å². The van der Waals surface area contributed by atoms with Gasteiger partial charge in [0.2, 0.25) is 0 Å². The number of nitrogens with zero attached hydrogens (tertiary/aromatic N) is 4. The molecule has 0 spiro atoms. The summed E-state index contributed by atoms with van der Waals surface area (Å²) in [5.74, 6) is -0.0210. The average Bonchev–Trinajstić information content (AvgIpc) is 3.35. The van der Waals surface area contributed by atoms with Crippen molar-refractivity contribution in [2.75, 3.05) is 31.1 Å². The van der Waals surface area contributed by atoms with Crippen LogP contribution in [0.2, 0.25) is 0 Å². The molecule has 1 N–H and O–H groups in total. The first-order valence-corrected chi connectivity index (χ1v) is 12.6. The van der Waals surface area contributed by atoms with Crippen LogP contribution in [0.25, 0.3) is 21.1 Å². The highest BCUT2D eigenvalue weighted by Crippen LogP contribution is 2.32. The zero-order chi connectivity index (χ0) is 22.8. The molecule has 0 atom stereocenters. The fourth-order valence-corrected chi connectivity index (χ4v) is 5.83. The molecule has 0 amide bonds. The minimum atomic E-state index is -0.926. The van der Waals surface area contributed by atoms with Gasteiger partial charge in [-0.3, -0.25) is 4.90 Å². The third-order valence-corrected chi connectivity index (χ3v) is 8.12. The Morgan fingerprint density at radius 3 is 1.94 bits per heavy atom. The molecule has 2 aromatic carbocycles. The molecule has 0 radical (unpaired) electrons. The summed E-state index contributed by atoms with van der Waals surface area (Å²) in [4.78, 5) is 16.2. The third kappa shape index (κ3) is 4.94. The molecule has 5 rings (SSSR count). The van der Waals surface area contributed by atoms with Crippen LogP contribution in [0.15, 0.2) is 48.5 Å². The van der Waals surface area contributed by atoms with Gasteiger partial charge in [0, 0.05) is 49.0 Å². The minimum Gasteiger partial charge on any atom is -0.478 e. The molecular formula is C26H30N4O2S. The van der Waals surface area contributed by atoms with E-state index in [9.17, 15) is 4.79 Å². The summed E-state index contributed by atoms with van der Waals surface area (Å²) >= 11 is 1.52. The van der Waals surface area contributed by atoms with Crippen LogP contribution in [0.5, 0.6) is 0 Å². The number of aromatic nitrogens is 2. The molecule has 1 saturated carbocycles. The fraction of sp³-hybridized carbons (Fsp3) is 0.423. The molecule has 2 heterocycles. The molecule has 3 aromatic rings. The number of hydrogen-bond acceptors (Lipinski definition) is 6. The highest BCUT2D eigenvalue weighted by Gasteiger charge is 2.27. The van der Waals surface area contributed by atoms with E-state index in [2.05, 4.69) is 51.2 Å². The van der Waals surface area contributed by atoms with Crippen LogP contribution in [0, 0.1) is 5.92 Å². The normalized spacial score (nSPS) is 21.8. The van der Waals surface area contributed by atoms with Gasteiger partial charge in [0.1, 0.15) is 10.0 Å². The summed E-state index contributed by atoms with van der Waals surface area (Å²) in [6, 6.07) is 16.2. The topological polar surface area (TPSA) is 69.6 Å². The number of rotatable bonds is 5. The van der Waals surface area contributed by atoms with E-state index in [-0.39, 0.29) is 5.56 Å². The van der Waals surface area contributed by atoms with Crippen molar-refractivity contribution < 1.29 is 9.90 Å². The molecule has 1 aliphatic carbocycles. The highest BCUT2D eigenvalue weighted by atomic mass is 32.1. The average molecular weight is 463 g/mol. The monoisotopic (exact) mass is 462 g/mol. The van der Waals surface area contributed by atoms with Crippen molar-refractivity contribution in [2.24, 2.45) is 5.92 Å². The van der Waals surface area contributed by atoms with E-state index in [1.807, 2.05) is 0 Å². The third-order valence-electron chi connectivity index (χ3n) is 7.10. The van der Waals surface area contributed by atoms with Gasteiger partial charge >= 0.3 is 5.97 Å². The van der Waals surface area contributed by atoms with Gasteiger partial charge in [0.25, 0.3) is 0 Å². The van der Waals surface area contributed by atoms with Gasteiger partial charge in [-0.15, -0.1) is 10.2 Å². The largest absolute Gasteiger partial charge is 0.478 e. The van der Waals surface area contributed by atoms with Gasteiger partial charge in [-0.2, -0.15) is 0 Å². The zero-order valence-electron chi connectivity index (χ0n) is 19.0. The lowest BCUT2D eigenvalue weighted by molar-refractivity contribution is 0.0697. The van der Waals surface area contributed by atoms with Crippen molar-refractivity contribution in [1.82, 2.24) is 15.1 Å². The summed E-state index contributed by atoms with van der Waals surface area (Å²) in [5, 5.41) is 19.4. The van der Waals surface area contributed by atoms with Crippen LogP contribution in [0.4, 0.5) is 5.69 Å². The Hall–Kier alpha value is -2.77. The molecule has 172 valence electrons. The molecule has 1 aromatic heterocycles. The Bertz CT molecular complexity index is 1080. The fourth-order valence-electron chi connectivity index (χ4n) is 4.98. The van der Waals surface area contributed by atoms with Crippen molar-refractivity contribution >= 4 is 23.0 Å². The number of benzene rings is 2. The zero-order valence-corrected chi connectivity index (χ0v) is 19.8. The van der Waals surface area contributed by atoms with Crippen LogP contribution in [-0.2, 0) is 0 Å². The first-order valence-electron chi connectivity index (χ1n) is 11.8. The highest BCUT2D eigenvalue weighted by molar-refractivity contribution is 7.17. The molecule has 2 fully saturated rings. The van der Waals surface area contributed by atoms with E-state index in [0.29, 0.717) is 0 Å². The Morgan fingerprint density at radius 2 is 1.39 bits per heavy atom. The second kappa shape index (κ2) is 9.61. The number of anilines is 1. The molecule has 0 bridgehead atoms. The number of carbonyl (C=O) groups is 1. The molecule has 33 heavy (non-hydrogen) atoms. The second-order valence-corrected chi connectivity index (χ2v) is 10.3. The first-order chi connectivity index (χ1) is 16.1. The first kappa shape index (κ1) is 22.0. The molecule has 7 heteroatoms. The number of carboxylic acid groups (broad SMARTS) is 1. The van der Waals surface area contributed by atoms with Crippen molar-refractivity contribution in [3.63, 3.8) is 0 Å². The van der Waals surface area contributed by atoms with Gasteiger partial charge in [-0.1, -0.05) is 30.4 Å². The van der Waals surface area contributed by atoms with Crippen molar-refractivity contribution in [1.29, 1.82) is 0 Å². The SMILES string of the molecule is CC1CCC(N2CCN(c3ccc(-c4nnc(-c5ccc(C(=O)O)cc5)s4)cc3)CC2)CC1. The van der Waals surface area contributed by atoms with E-state index in [4.69, 9.17) is 5.11 Å². The van der Waals surface area contributed by atoms with Gasteiger partial charge < -0.3 is 10.0 Å². The van der Waals surface area contributed by atoms with E-state index in [1.165, 1.54) is 42.7 Å². The van der Waals surface area contributed by atoms with Gasteiger partial charge in [0.05, 0.1) is 5.56 Å². The van der Waals surface area contributed by atoms with Crippen LogP contribution >= 0.6 is 11.3 Å². The number of aromatic carboxylic acids is 1. The maximum atomic E-state index is 11.0. The van der Waals surface area contributed by atoms with Crippen LogP contribution < -0.4 is 4.90 Å². The molecule has 1 aliphatic heterocycles. The molecule has 2 aliphatic rings. The second-order valence-electron chi connectivity index (χ2n) is 9.28. The summed E-state index contributed by atoms with van der Waals surface area (Å²) < 4.78 is 0.